The summed E-state index contributed by atoms with van der Waals surface area (Å²) in [5.41, 5.74) is 5.36. The van der Waals surface area contributed by atoms with Gasteiger partial charge in [0.15, 0.2) is 11.6 Å². The first-order chi connectivity index (χ1) is 8.99. The summed E-state index contributed by atoms with van der Waals surface area (Å²) in [7, 11) is 0. The van der Waals surface area contributed by atoms with Gasteiger partial charge in [0.25, 0.3) is 5.91 Å². The zero-order chi connectivity index (χ0) is 14.0. The molecule has 0 atom stereocenters. The molecule has 2 rings (SSSR count). The van der Waals surface area contributed by atoms with Crippen LogP contribution in [0.3, 0.4) is 0 Å². The maximum absolute atomic E-state index is 13.6. The quantitative estimate of drug-likeness (QED) is 0.893. The number of rotatable bonds is 2. The normalized spacial score (nSPS) is 10.3. The second-order valence-corrected chi connectivity index (χ2v) is 4.48. The molecule has 3 N–H and O–H groups in total. The van der Waals surface area contributed by atoms with Crippen LogP contribution in [0.1, 0.15) is 10.4 Å². The van der Waals surface area contributed by atoms with Crippen molar-refractivity contribution in [1.29, 1.82) is 0 Å². The first-order valence-electron chi connectivity index (χ1n) is 5.15. The van der Waals surface area contributed by atoms with E-state index in [1.54, 1.807) is 6.07 Å². The van der Waals surface area contributed by atoms with E-state index in [2.05, 4.69) is 10.3 Å². The van der Waals surface area contributed by atoms with Gasteiger partial charge >= 0.3 is 0 Å². The lowest BCUT2D eigenvalue weighted by Crippen LogP contribution is -2.15. The summed E-state index contributed by atoms with van der Waals surface area (Å²) in [6.07, 6.45) is 1.24. The predicted molar refractivity (Wildman–Crippen MR) is 73.0 cm³/mol. The third-order valence-corrected chi connectivity index (χ3v) is 2.90. The van der Waals surface area contributed by atoms with Gasteiger partial charge in [-0.3, -0.25) is 4.79 Å². The van der Waals surface area contributed by atoms with Crippen molar-refractivity contribution in [3.8, 4) is 0 Å². The van der Waals surface area contributed by atoms with Crippen molar-refractivity contribution in [2.45, 2.75) is 0 Å². The minimum Gasteiger partial charge on any atom is -0.381 e. The number of pyridine rings is 1. The van der Waals surface area contributed by atoms with Crippen LogP contribution in [0.15, 0.2) is 30.5 Å². The zero-order valence-electron chi connectivity index (χ0n) is 9.45. The van der Waals surface area contributed by atoms with Gasteiger partial charge in [0, 0.05) is 11.2 Å². The molecule has 0 aliphatic carbocycles. The van der Waals surface area contributed by atoms with E-state index in [9.17, 15) is 9.18 Å². The predicted octanol–water partition coefficient (Wildman–Crippen LogP) is 3.36. The molecule has 0 aliphatic rings. The van der Waals surface area contributed by atoms with E-state index in [-0.39, 0.29) is 17.1 Å². The number of nitrogens with one attached hydrogen (secondary N) is 1. The van der Waals surface area contributed by atoms with E-state index in [0.29, 0.717) is 10.0 Å². The number of carbonyl (C=O) groups excluding carboxylic acids is 1. The maximum atomic E-state index is 13.6. The van der Waals surface area contributed by atoms with Gasteiger partial charge in [0.2, 0.25) is 0 Å². The number of hydrogen-bond acceptors (Lipinski definition) is 3. The fraction of sp³-hybridized carbons (Fsp3) is 0. The van der Waals surface area contributed by atoms with Gasteiger partial charge < -0.3 is 11.1 Å². The second kappa shape index (κ2) is 5.42. The molecule has 0 aliphatic heterocycles. The minimum atomic E-state index is -0.877. The molecule has 1 aromatic carbocycles. The second-order valence-electron chi connectivity index (χ2n) is 3.64. The lowest BCUT2D eigenvalue weighted by atomic mass is 10.2. The molecule has 0 spiro atoms. The van der Waals surface area contributed by atoms with Crippen LogP contribution >= 0.6 is 23.2 Å². The molecule has 1 amide bonds. The van der Waals surface area contributed by atoms with Crippen molar-refractivity contribution >= 4 is 40.6 Å². The Bertz CT molecular complexity index is 649. The standard InChI is InChI=1S/C12H8Cl2FN3O/c13-6-1-2-8(14)9(5-6)18-12(19)7-3-4-17-11(16)10(7)15/h1-5H,(H2,16,17)(H,18,19). The molecule has 0 unspecified atom stereocenters. The number of carbonyl (C=O) groups is 1. The van der Waals surface area contributed by atoms with Gasteiger partial charge in [0.05, 0.1) is 16.3 Å². The fourth-order valence-electron chi connectivity index (χ4n) is 1.42. The SMILES string of the molecule is Nc1nccc(C(=O)Nc2cc(Cl)ccc2Cl)c1F. The van der Waals surface area contributed by atoms with Crippen LogP contribution in [0, 0.1) is 5.82 Å². The minimum absolute atomic E-state index is 0.219. The molecular weight excluding hydrogens is 292 g/mol. The molecule has 1 aromatic heterocycles. The molecule has 7 heteroatoms. The van der Waals surface area contributed by atoms with Crippen LogP contribution in [0.25, 0.3) is 0 Å². The van der Waals surface area contributed by atoms with Gasteiger partial charge in [0.1, 0.15) is 0 Å². The van der Waals surface area contributed by atoms with Gasteiger partial charge in [-0.25, -0.2) is 9.37 Å². The molecule has 0 saturated heterocycles. The van der Waals surface area contributed by atoms with Crippen molar-refractivity contribution in [3.05, 3.63) is 51.9 Å². The first kappa shape index (κ1) is 13.6. The summed E-state index contributed by atoms with van der Waals surface area (Å²) in [6.45, 7) is 0. The van der Waals surface area contributed by atoms with Crippen LogP contribution < -0.4 is 11.1 Å². The van der Waals surface area contributed by atoms with E-state index in [1.807, 2.05) is 0 Å². The zero-order valence-corrected chi connectivity index (χ0v) is 11.0. The number of nitrogens with two attached hydrogens (primary N) is 1. The average Bonchev–Trinajstić information content (AvgIpc) is 2.37. The topological polar surface area (TPSA) is 68.0 Å². The number of halogens is 3. The van der Waals surface area contributed by atoms with E-state index in [4.69, 9.17) is 28.9 Å². The van der Waals surface area contributed by atoms with Gasteiger partial charge in [-0.1, -0.05) is 23.2 Å². The lowest BCUT2D eigenvalue weighted by molar-refractivity contribution is 0.102. The van der Waals surface area contributed by atoms with E-state index in [1.165, 1.54) is 24.4 Å². The molecule has 0 bridgehead atoms. The third kappa shape index (κ3) is 2.94. The summed E-state index contributed by atoms with van der Waals surface area (Å²) < 4.78 is 13.6. The number of nitrogen functional groups attached to an aromatic ring is 1. The molecule has 0 fully saturated rings. The van der Waals surface area contributed by atoms with Crippen LogP contribution in [-0.4, -0.2) is 10.9 Å². The highest BCUT2D eigenvalue weighted by molar-refractivity contribution is 6.35. The Kier molecular flexibility index (Phi) is 3.87. The largest absolute Gasteiger partial charge is 0.381 e. The van der Waals surface area contributed by atoms with Crippen molar-refractivity contribution < 1.29 is 9.18 Å². The van der Waals surface area contributed by atoms with E-state index >= 15 is 0 Å². The Labute approximate surface area is 118 Å². The molecule has 0 saturated carbocycles. The maximum Gasteiger partial charge on any atom is 0.258 e. The number of aromatic nitrogens is 1. The Hall–Kier alpha value is -1.85. The first-order valence-corrected chi connectivity index (χ1v) is 5.91. The molecule has 1 heterocycles. The van der Waals surface area contributed by atoms with Crippen LogP contribution in [0.2, 0.25) is 10.0 Å². The van der Waals surface area contributed by atoms with Crippen molar-refractivity contribution in [1.82, 2.24) is 4.98 Å². The molecule has 98 valence electrons. The van der Waals surface area contributed by atoms with Crippen LogP contribution in [-0.2, 0) is 0 Å². The number of hydrogen-bond donors (Lipinski definition) is 2. The Morgan fingerprint density at radius 1 is 1.32 bits per heavy atom. The molecule has 0 radical (unpaired) electrons. The molecule has 2 aromatic rings. The summed E-state index contributed by atoms with van der Waals surface area (Å²) in [4.78, 5) is 15.5. The van der Waals surface area contributed by atoms with Crippen LogP contribution in [0.5, 0.6) is 0 Å². The van der Waals surface area contributed by atoms with E-state index in [0.717, 1.165) is 0 Å². The van der Waals surface area contributed by atoms with Gasteiger partial charge in [-0.05, 0) is 24.3 Å². The average molecular weight is 300 g/mol. The number of benzene rings is 1. The summed E-state index contributed by atoms with van der Waals surface area (Å²) in [5, 5.41) is 3.15. The molecular formula is C12H8Cl2FN3O. The molecule has 4 nitrogen and oxygen atoms in total. The third-order valence-electron chi connectivity index (χ3n) is 2.34. The highest BCUT2D eigenvalue weighted by Crippen LogP contribution is 2.26. The van der Waals surface area contributed by atoms with Crippen molar-refractivity contribution in [2.75, 3.05) is 11.1 Å². The van der Waals surface area contributed by atoms with Crippen molar-refractivity contribution in [3.63, 3.8) is 0 Å². The summed E-state index contributed by atoms with van der Waals surface area (Å²) in [5.74, 6) is -1.90. The summed E-state index contributed by atoms with van der Waals surface area (Å²) in [6, 6.07) is 5.78. The fourth-order valence-corrected chi connectivity index (χ4v) is 1.76. The summed E-state index contributed by atoms with van der Waals surface area (Å²) >= 11 is 11.7. The van der Waals surface area contributed by atoms with Crippen molar-refractivity contribution in [2.24, 2.45) is 0 Å². The Balaban J connectivity index is 2.31. The lowest BCUT2D eigenvalue weighted by Gasteiger charge is -2.08. The smallest absolute Gasteiger partial charge is 0.258 e. The number of nitrogens with zero attached hydrogens (tertiary/aromatic N) is 1. The van der Waals surface area contributed by atoms with Crippen LogP contribution in [0.4, 0.5) is 15.9 Å². The van der Waals surface area contributed by atoms with Gasteiger partial charge in [-0.2, -0.15) is 0 Å². The monoisotopic (exact) mass is 299 g/mol. The van der Waals surface area contributed by atoms with E-state index < -0.39 is 11.7 Å². The molecule has 19 heavy (non-hydrogen) atoms. The number of anilines is 2. The van der Waals surface area contributed by atoms with Gasteiger partial charge in [-0.15, -0.1) is 0 Å². The Morgan fingerprint density at radius 3 is 2.79 bits per heavy atom. The number of amides is 1. The highest BCUT2D eigenvalue weighted by Gasteiger charge is 2.15. The Morgan fingerprint density at radius 2 is 2.05 bits per heavy atom. The highest BCUT2D eigenvalue weighted by atomic mass is 35.5.